The Labute approximate surface area is 212 Å². The fraction of sp³-hybridized carbons (Fsp3) is 0.345. The number of aliphatic hydroxyl groups excluding tert-OH is 1. The van der Waals surface area contributed by atoms with E-state index < -0.39 is 12.2 Å². The van der Waals surface area contributed by atoms with Crippen LogP contribution >= 0.6 is 0 Å². The van der Waals surface area contributed by atoms with Crippen LogP contribution in [0, 0.1) is 0 Å². The summed E-state index contributed by atoms with van der Waals surface area (Å²) in [5, 5.41) is 12.6. The number of fused-ring (bicyclic) bond motifs is 3. The highest BCUT2D eigenvalue weighted by Crippen LogP contribution is 2.44. The number of hydrogen-bond acceptors (Lipinski definition) is 6. The minimum absolute atomic E-state index is 0.0376. The van der Waals surface area contributed by atoms with Crippen molar-refractivity contribution in [3.05, 3.63) is 95.6 Å². The molecule has 3 aromatic rings. The van der Waals surface area contributed by atoms with E-state index in [1.54, 1.807) is 0 Å². The first kappa shape index (κ1) is 25.9. The first-order valence-electron chi connectivity index (χ1n) is 12.3. The number of carbonyl (C=O) groups excluding carboxylic acids is 1. The van der Waals surface area contributed by atoms with Crippen molar-refractivity contribution in [2.45, 2.75) is 18.6 Å². The number of rotatable bonds is 14. The van der Waals surface area contributed by atoms with Crippen LogP contribution in [0.25, 0.3) is 11.1 Å². The monoisotopic (exact) mass is 491 g/mol. The van der Waals surface area contributed by atoms with Crippen LogP contribution in [0.5, 0.6) is 0 Å². The van der Waals surface area contributed by atoms with Crippen molar-refractivity contribution in [1.82, 2.24) is 5.32 Å². The Morgan fingerprint density at radius 2 is 1.39 bits per heavy atom. The number of nitrogens with one attached hydrogen (secondary N) is 1. The Balaban J connectivity index is 1.03. The average Bonchev–Trinajstić information content (AvgIpc) is 3.23. The summed E-state index contributed by atoms with van der Waals surface area (Å²) in [4.78, 5) is 12.2. The van der Waals surface area contributed by atoms with Crippen molar-refractivity contribution in [3.8, 4) is 11.1 Å². The van der Waals surface area contributed by atoms with E-state index in [0.717, 1.165) is 5.56 Å². The Kier molecular flexibility index (Phi) is 9.87. The number of alkyl carbamates (subject to hydrolysis) is 1. The summed E-state index contributed by atoms with van der Waals surface area (Å²) < 4.78 is 21.9. The zero-order chi connectivity index (χ0) is 25.0. The molecule has 0 saturated heterocycles. The van der Waals surface area contributed by atoms with Gasteiger partial charge in [0.2, 0.25) is 0 Å². The van der Waals surface area contributed by atoms with Crippen LogP contribution in [0.15, 0.2) is 78.9 Å². The van der Waals surface area contributed by atoms with Gasteiger partial charge in [-0.05, 0) is 27.8 Å². The van der Waals surface area contributed by atoms with E-state index in [1.807, 2.05) is 54.6 Å². The van der Waals surface area contributed by atoms with Crippen molar-refractivity contribution in [1.29, 1.82) is 0 Å². The summed E-state index contributed by atoms with van der Waals surface area (Å²) in [5.41, 5.74) is 5.83. The Hall–Kier alpha value is -3.23. The first-order valence-corrected chi connectivity index (χ1v) is 12.3. The maximum Gasteiger partial charge on any atom is 0.407 e. The quantitative estimate of drug-likeness (QED) is 0.330. The molecule has 0 fully saturated rings. The lowest BCUT2D eigenvalue weighted by molar-refractivity contribution is -0.0351. The molecule has 190 valence electrons. The first-order chi connectivity index (χ1) is 17.7. The van der Waals surface area contributed by atoms with Crippen molar-refractivity contribution in [3.63, 3.8) is 0 Å². The molecule has 0 unspecified atom stereocenters. The summed E-state index contributed by atoms with van der Waals surface area (Å²) in [6.07, 6.45) is -1.15. The summed E-state index contributed by atoms with van der Waals surface area (Å²) in [6, 6.07) is 26.3. The Bertz CT molecular complexity index is 1040. The smallest absolute Gasteiger partial charge is 0.407 e. The van der Waals surface area contributed by atoms with Crippen LogP contribution in [0.2, 0.25) is 0 Å². The molecule has 0 bridgehead atoms. The number of carbonyl (C=O) groups is 1. The molecular weight excluding hydrogens is 458 g/mol. The van der Waals surface area contributed by atoms with E-state index in [9.17, 15) is 9.90 Å². The van der Waals surface area contributed by atoms with Crippen LogP contribution in [-0.2, 0) is 25.6 Å². The van der Waals surface area contributed by atoms with Crippen LogP contribution in [0.3, 0.4) is 0 Å². The molecule has 7 heteroatoms. The van der Waals surface area contributed by atoms with Crippen molar-refractivity contribution >= 4 is 6.09 Å². The van der Waals surface area contributed by atoms with E-state index in [0.29, 0.717) is 33.0 Å². The highest BCUT2D eigenvalue weighted by Gasteiger charge is 2.28. The number of aliphatic hydroxyl groups is 1. The van der Waals surface area contributed by atoms with Gasteiger partial charge in [0.1, 0.15) is 12.7 Å². The molecule has 0 saturated carbocycles. The predicted molar refractivity (Wildman–Crippen MR) is 137 cm³/mol. The topological polar surface area (TPSA) is 86.3 Å². The minimum Gasteiger partial charge on any atom is -0.449 e. The summed E-state index contributed by atoms with van der Waals surface area (Å²) in [5.74, 6) is 0.0376. The van der Waals surface area contributed by atoms with Crippen LogP contribution in [0.4, 0.5) is 4.79 Å². The van der Waals surface area contributed by atoms with Gasteiger partial charge in [-0.1, -0.05) is 78.9 Å². The zero-order valence-electron chi connectivity index (χ0n) is 20.3. The molecule has 0 aromatic heterocycles. The van der Waals surface area contributed by atoms with Crippen molar-refractivity contribution in [2.75, 3.05) is 46.2 Å². The molecule has 1 aliphatic carbocycles. The lowest BCUT2D eigenvalue weighted by Crippen LogP contribution is -2.29. The van der Waals surface area contributed by atoms with E-state index >= 15 is 0 Å². The third-order valence-corrected chi connectivity index (χ3v) is 5.96. The molecule has 1 amide bonds. The van der Waals surface area contributed by atoms with Crippen LogP contribution < -0.4 is 5.32 Å². The largest absolute Gasteiger partial charge is 0.449 e. The third kappa shape index (κ3) is 7.38. The molecule has 4 rings (SSSR count). The summed E-state index contributed by atoms with van der Waals surface area (Å²) in [6.45, 7) is 2.52. The molecule has 36 heavy (non-hydrogen) atoms. The van der Waals surface area contributed by atoms with Crippen molar-refractivity contribution < 1.29 is 28.8 Å². The lowest BCUT2D eigenvalue weighted by Gasteiger charge is -2.14. The van der Waals surface area contributed by atoms with E-state index in [2.05, 4.69) is 29.6 Å². The van der Waals surface area contributed by atoms with Gasteiger partial charge in [0.25, 0.3) is 0 Å². The highest BCUT2D eigenvalue weighted by molar-refractivity contribution is 5.79. The molecule has 0 radical (unpaired) electrons. The second-order valence-electron chi connectivity index (χ2n) is 8.59. The van der Waals surface area contributed by atoms with Gasteiger partial charge in [0.05, 0.1) is 39.6 Å². The number of hydrogen-bond donors (Lipinski definition) is 2. The van der Waals surface area contributed by atoms with Gasteiger partial charge in [-0.25, -0.2) is 4.79 Å². The van der Waals surface area contributed by atoms with E-state index in [4.69, 9.17) is 18.9 Å². The second kappa shape index (κ2) is 13.8. The van der Waals surface area contributed by atoms with Crippen molar-refractivity contribution in [2.24, 2.45) is 0 Å². The predicted octanol–water partition coefficient (Wildman–Crippen LogP) is 4.14. The molecule has 1 aliphatic rings. The summed E-state index contributed by atoms with van der Waals surface area (Å²) >= 11 is 0. The summed E-state index contributed by atoms with van der Waals surface area (Å²) in [7, 11) is 0. The molecule has 0 spiro atoms. The third-order valence-electron chi connectivity index (χ3n) is 5.96. The van der Waals surface area contributed by atoms with Gasteiger partial charge in [0, 0.05) is 12.5 Å². The van der Waals surface area contributed by atoms with Gasteiger partial charge < -0.3 is 29.4 Å². The lowest BCUT2D eigenvalue weighted by atomic mass is 9.98. The molecular formula is C29H33NO6. The molecule has 7 nitrogen and oxygen atoms in total. The normalized spacial score (nSPS) is 13.1. The zero-order valence-corrected chi connectivity index (χ0v) is 20.3. The fourth-order valence-electron chi connectivity index (χ4n) is 4.25. The van der Waals surface area contributed by atoms with Gasteiger partial charge in [-0.3, -0.25) is 0 Å². The van der Waals surface area contributed by atoms with Gasteiger partial charge in [-0.2, -0.15) is 0 Å². The number of ether oxygens (including phenoxy) is 4. The average molecular weight is 492 g/mol. The SMILES string of the molecule is O=C(NCCOCCOC[C@H](O)COCc1ccccc1)OCC1c2ccccc2-c2ccccc21. The number of amides is 1. The Morgan fingerprint density at radius 1 is 0.778 bits per heavy atom. The minimum atomic E-state index is -0.691. The molecule has 0 heterocycles. The Morgan fingerprint density at radius 3 is 2.11 bits per heavy atom. The van der Waals surface area contributed by atoms with E-state index in [-0.39, 0.29) is 25.7 Å². The molecule has 0 aliphatic heterocycles. The fourth-order valence-corrected chi connectivity index (χ4v) is 4.25. The standard InChI is InChI=1S/C29H33NO6/c31-23(20-35-18-22-8-2-1-3-9-22)19-34-17-16-33-15-14-30-29(32)36-21-28-26-12-6-4-10-24(26)25-11-5-7-13-27(25)28/h1-13,23,28,31H,14-21H2,(H,30,32)/t23-/m0/s1. The van der Waals surface area contributed by atoms with E-state index in [1.165, 1.54) is 22.3 Å². The molecule has 2 N–H and O–H groups in total. The molecule has 1 atom stereocenters. The number of benzene rings is 3. The maximum absolute atomic E-state index is 12.2. The second-order valence-corrected chi connectivity index (χ2v) is 8.59. The highest BCUT2D eigenvalue weighted by atomic mass is 16.6. The van der Waals surface area contributed by atoms with Crippen LogP contribution in [-0.4, -0.2) is 63.5 Å². The maximum atomic E-state index is 12.2. The van der Waals surface area contributed by atoms with Crippen LogP contribution in [0.1, 0.15) is 22.6 Å². The van der Waals surface area contributed by atoms with Gasteiger partial charge in [0.15, 0.2) is 0 Å². The van der Waals surface area contributed by atoms with Gasteiger partial charge >= 0.3 is 6.09 Å². The van der Waals surface area contributed by atoms with Gasteiger partial charge in [-0.15, -0.1) is 0 Å². The molecule has 3 aromatic carbocycles.